The Hall–Kier alpha value is -2.77. The summed E-state index contributed by atoms with van der Waals surface area (Å²) in [6.07, 6.45) is 0.861. The number of hydrogen-bond donors (Lipinski definition) is 1. The average Bonchev–Trinajstić information content (AvgIpc) is 3.16. The third-order valence-corrected chi connectivity index (χ3v) is 5.69. The van der Waals surface area contributed by atoms with Gasteiger partial charge in [-0.1, -0.05) is 24.3 Å². The smallest absolute Gasteiger partial charge is 0.222 e. The molecule has 0 amide bonds. The summed E-state index contributed by atoms with van der Waals surface area (Å²) in [7, 11) is 0. The molecule has 5 nitrogen and oxygen atoms in total. The van der Waals surface area contributed by atoms with E-state index in [1.54, 1.807) is 0 Å². The fourth-order valence-corrected chi connectivity index (χ4v) is 4.01. The van der Waals surface area contributed by atoms with Crippen LogP contribution >= 0.6 is 27.5 Å². The van der Waals surface area contributed by atoms with Crippen LogP contribution in [0.3, 0.4) is 0 Å². The quantitative estimate of drug-likeness (QED) is 0.359. The number of fused-ring (bicyclic) bond motifs is 1. The Balaban J connectivity index is 1.88. The van der Waals surface area contributed by atoms with E-state index in [0.717, 1.165) is 33.3 Å². The number of carbonyl (C=O) groups is 1. The van der Waals surface area contributed by atoms with Gasteiger partial charge in [0.05, 0.1) is 32.2 Å². The molecule has 0 saturated carbocycles. The van der Waals surface area contributed by atoms with Gasteiger partial charge in [0, 0.05) is 10.3 Å². The van der Waals surface area contributed by atoms with Crippen molar-refractivity contribution in [2.24, 2.45) is 0 Å². The minimum atomic E-state index is 0.208. The lowest BCUT2D eigenvalue weighted by Gasteiger charge is -2.18. The predicted molar refractivity (Wildman–Crippen MR) is 110 cm³/mol. The minimum absolute atomic E-state index is 0.208. The molecule has 0 spiro atoms. The van der Waals surface area contributed by atoms with Crippen molar-refractivity contribution >= 4 is 62.1 Å². The van der Waals surface area contributed by atoms with Gasteiger partial charge in [0.1, 0.15) is 0 Å². The van der Waals surface area contributed by atoms with Crippen molar-refractivity contribution in [3.05, 3.63) is 65.5 Å². The average molecular weight is 425 g/mol. The standard InChI is InChI=1S/C19H13BrN4OS/c20-24(13-4-2-1-3-5-13)18-15-10-12(17-9-7-14(11-25)26-17)6-8-16(15)22-19(21)23-18/h1-11H,(H2,21,22,23). The van der Waals surface area contributed by atoms with Crippen LogP contribution in [0.4, 0.5) is 17.5 Å². The number of nitrogen functional groups attached to an aromatic ring is 1. The number of aldehydes is 1. The van der Waals surface area contributed by atoms with E-state index in [0.29, 0.717) is 10.7 Å². The zero-order valence-corrected chi connectivity index (χ0v) is 15.9. The molecule has 7 heteroatoms. The Kier molecular flexibility index (Phi) is 4.40. The van der Waals surface area contributed by atoms with Gasteiger partial charge in [-0.05, 0) is 42.0 Å². The van der Waals surface area contributed by atoms with Gasteiger partial charge in [-0.2, -0.15) is 4.98 Å². The highest BCUT2D eigenvalue weighted by molar-refractivity contribution is 9.10. The molecular weight excluding hydrogens is 412 g/mol. The first-order valence-corrected chi connectivity index (χ1v) is 9.32. The van der Waals surface area contributed by atoms with E-state index in [2.05, 4.69) is 26.1 Å². The van der Waals surface area contributed by atoms with Crippen molar-refractivity contribution in [1.82, 2.24) is 9.97 Å². The monoisotopic (exact) mass is 424 g/mol. The number of hydrogen-bond acceptors (Lipinski definition) is 6. The molecule has 0 saturated heterocycles. The molecule has 2 aromatic heterocycles. The molecular formula is C19H13BrN4OS. The van der Waals surface area contributed by atoms with E-state index < -0.39 is 0 Å². The maximum absolute atomic E-state index is 11.0. The third kappa shape index (κ3) is 3.07. The van der Waals surface area contributed by atoms with E-state index >= 15 is 0 Å². The second-order valence-corrected chi connectivity index (χ2v) is 7.40. The van der Waals surface area contributed by atoms with Crippen LogP contribution in [0.5, 0.6) is 0 Å². The zero-order chi connectivity index (χ0) is 18.1. The summed E-state index contributed by atoms with van der Waals surface area (Å²) in [6.45, 7) is 0. The Morgan fingerprint density at radius 2 is 1.85 bits per heavy atom. The number of nitrogens with zero attached hydrogens (tertiary/aromatic N) is 3. The van der Waals surface area contributed by atoms with Crippen molar-refractivity contribution in [1.29, 1.82) is 0 Å². The number of para-hydroxylation sites is 1. The summed E-state index contributed by atoms with van der Waals surface area (Å²) in [5.41, 5.74) is 8.58. The first-order valence-electron chi connectivity index (χ1n) is 7.79. The molecule has 0 atom stereocenters. The normalized spacial score (nSPS) is 10.8. The molecule has 128 valence electrons. The second kappa shape index (κ2) is 6.86. The maximum Gasteiger partial charge on any atom is 0.222 e. The Morgan fingerprint density at radius 1 is 1.04 bits per heavy atom. The summed E-state index contributed by atoms with van der Waals surface area (Å²) in [5.74, 6) is 0.868. The van der Waals surface area contributed by atoms with E-state index in [4.69, 9.17) is 5.73 Å². The Morgan fingerprint density at radius 3 is 2.58 bits per heavy atom. The van der Waals surface area contributed by atoms with Crippen molar-refractivity contribution in [3.8, 4) is 10.4 Å². The Bertz CT molecular complexity index is 1100. The fraction of sp³-hybridized carbons (Fsp3) is 0. The van der Waals surface area contributed by atoms with Gasteiger partial charge in [0.15, 0.2) is 12.1 Å². The number of rotatable bonds is 4. The van der Waals surface area contributed by atoms with Gasteiger partial charge in [-0.15, -0.1) is 11.3 Å². The molecule has 2 heterocycles. The number of anilines is 3. The number of halogens is 1. The lowest BCUT2D eigenvalue weighted by atomic mass is 10.1. The first kappa shape index (κ1) is 16.7. The van der Waals surface area contributed by atoms with Gasteiger partial charge in [0.25, 0.3) is 0 Å². The van der Waals surface area contributed by atoms with Crippen molar-refractivity contribution in [3.63, 3.8) is 0 Å². The molecule has 2 N–H and O–H groups in total. The van der Waals surface area contributed by atoms with Gasteiger partial charge < -0.3 is 5.73 Å². The SMILES string of the molecule is Nc1nc(N(Br)c2ccccc2)c2cc(-c3ccc(C=O)s3)ccc2n1. The molecule has 0 aliphatic carbocycles. The first-order chi connectivity index (χ1) is 12.7. The third-order valence-electron chi connectivity index (χ3n) is 3.89. The second-order valence-electron chi connectivity index (χ2n) is 5.57. The molecule has 0 fully saturated rings. The summed E-state index contributed by atoms with van der Waals surface area (Å²) in [4.78, 5) is 21.4. The summed E-state index contributed by atoms with van der Waals surface area (Å²) in [6, 6.07) is 19.5. The summed E-state index contributed by atoms with van der Waals surface area (Å²) >= 11 is 5.04. The Labute approximate surface area is 162 Å². The van der Waals surface area contributed by atoms with Crippen molar-refractivity contribution in [2.45, 2.75) is 0 Å². The van der Waals surface area contributed by atoms with Gasteiger partial charge in [-0.3, -0.25) is 8.72 Å². The van der Waals surface area contributed by atoms with Crippen LogP contribution < -0.4 is 9.66 Å². The van der Waals surface area contributed by atoms with Crippen LogP contribution in [0, 0.1) is 0 Å². The van der Waals surface area contributed by atoms with E-state index in [-0.39, 0.29) is 5.95 Å². The topological polar surface area (TPSA) is 72.1 Å². The largest absolute Gasteiger partial charge is 0.368 e. The van der Waals surface area contributed by atoms with Crippen LogP contribution in [0.15, 0.2) is 60.7 Å². The van der Waals surface area contributed by atoms with Crippen LogP contribution in [0.2, 0.25) is 0 Å². The number of benzene rings is 2. The summed E-state index contributed by atoms with van der Waals surface area (Å²) < 4.78 is 1.81. The maximum atomic E-state index is 11.0. The summed E-state index contributed by atoms with van der Waals surface area (Å²) in [5, 5.41) is 0.860. The van der Waals surface area contributed by atoms with Gasteiger partial charge in [0.2, 0.25) is 5.95 Å². The molecule has 0 aliphatic rings. The number of thiophene rings is 1. The molecule has 4 rings (SSSR count). The number of nitrogens with two attached hydrogens (primary N) is 1. The van der Waals surface area contributed by atoms with Gasteiger partial charge >= 0.3 is 0 Å². The zero-order valence-electron chi connectivity index (χ0n) is 13.5. The van der Waals surface area contributed by atoms with Crippen molar-refractivity contribution < 1.29 is 4.79 Å². The highest BCUT2D eigenvalue weighted by Crippen LogP contribution is 2.36. The lowest BCUT2D eigenvalue weighted by Crippen LogP contribution is -2.07. The molecule has 2 aromatic carbocycles. The van der Waals surface area contributed by atoms with E-state index in [9.17, 15) is 4.79 Å². The molecule has 0 aliphatic heterocycles. The molecule has 4 aromatic rings. The molecule has 0 bridgehead atoms. The van der Waals surface area contributed by atoms with E-state index in [1.165, 1.54) is 11.3 Å². The highest BCUT2D eigenvalue weighted by atomic mass is 79.9. The van der Waals surface area contributed by atoms with Crippen LogP contribution in [0.1, 0.15) is 9.67 Å². The highest BCUT2D eigenvalue weighted by Gasteiger charge is 2.15. The van der Waals surface area contributed by atoms with Crippen LogP contribution in [-0.2, 0) is 0 Å². The molecule has 0 unspecified atom stereocenters. The number of aromatic nitrogens is 2. The van der Waals surface area contributed by atoms with Crippen molar-refractivity contribution in [2.75, 3.05) is 9.66 Å². The molecule has 0 radical (unpaired) electrons. The lowest BCUT2D eigenvalue weighted by molar-refractivity contribution is 0.112. The minimum Gasteiger partial charge on any atom is -0.368 e. The van der Waals surface area contributed by atoms with Crippen LogP contribution in [-0.4, -0.2) is 16.3 Å². The fourth-order valence-electron chi connectivity index (χ4n) is 2.69. The predicted octanol–water partition coefficient (Wildman–Crippen LogP) is 5.20. The number of carbonyl (C=O) groups excluding carboxylic acids is 1. The molecule has 26 heavy (non-hydrogen) atoms. The van der Waals surface area contributed by atoms with Gasteiger partial charge in [-0.25, -0.2) is 4.98 Å². The van der Waals surface area contributed by atoms with E-state index in [1.807, 2.05) is 64.6 Å². The van der Waals surface area contributed by atoms with Crippen LogP contribution in [0.25, 0.3) is 21.3 Å².